The Balaban J connectivity index is 4.12. The molecule has 2 unspecified atom stereocenters. The van der Waals surface area contributed by atoms with Crippen LogP contribution in [-0.4, -0.2) is 30.6 Å². The predicted molar refractivity (Wildman–Crippen MR) is 116 cm³/mol. The van der Waals surface area contributed by atoms with Gasteiger partial charge in [0, 0.05) is 0 Å². The van der Waals surface area contributed by atoms with E-state index in [4.69, 9.17) is 0 Å². The van der Waals surface area contributed by atoms with E-state index in [-0.39, 0.29) is 0 Å². The van der Waals surface area contributed by atoms with Crippen molar-refractivity contribution in [1.29, 1.82) is 0 Å². The van der Waals surface area contributed by atoms with Gasteiger partial charge in [0.2, 0.25) is 0 Å². The van der Waals surface area contributed by atoms with Crippen molar-refractivity contribution < 1.29 is 0 Å². The molecule has 0 N–H and O–H groups in total. The first-order valence-electron chi connectivity index (χ1n) is 10.4. The molecule has 0 saturated heterocycles. The molecule has 23 heavy (non-hydrogen) atoms. The lowest BCUT2D eigenvalue weighted by molar-refractivity contribution is 0.551. The SMILES string of the molecule is CCCP(CCCCC(C)C)CP(CCC)CCCCC(C)C. The minimum absolute atomic E-state index is 0.353. The van der Waals surface area contributed by atoms with Crippen LogP contribution in [0.3, 0.4) is 0 Å². The van der Waals surface area contributed by atoms with Crippen LogP contribution in [0.4, 0.5) is 0 Å². The second-order valence-corrected chi connectivity index (χ2v) is 13.8. The summed E-state index contributed by atoms with van der Waals surface area (Å²) in [6.07, 6.45) is 17.9. The van der Waals surface area contributed by atoms with Crippen LogP contribution >= 0.6 is 15.8 Å². The molecule has 0 bridgehead atoms. The molecule has 0 aromatic rings. The largest absolute Gasteiger partial charge is 0.102 e. The number of hydrogen-bond donors (Lipinski definition) is 0. The molecule has 0 spiro atoms. The molecular formula is C21H46P2. The van der Waals surface area contributed by atoms with Crippen molar-refractivity contribution in [3.63, 3.8) is 0 Å². The molecule has 0 heterocycles. The van der Waals surface area contributed by atoms with Gasteiger partial charge < -0.3 is 0 Å². The lowest BCUT2D eigenvalue weighted by atomic mass is 10.1. The molecule has 140 valence electrons. The molecule has 0 radical (unpaired) electrons. The molecule has 0 aromatic heterocycles. The van der Waals surface area contributed by atoms with E-state index in [0.29, 0.717) is 15.8 Å². The van der Waals surface area contributed by atoms with Crippen LogP contribution in [0.15, 0.2) is 0 Å². The van der Waals surface area contributed by atoms with Crippen molar-refractivity contribution in [2.24, 2.45) is 11.8 Å². The molecule has 0 aromatic carbocycles. The van der Waals surface area contributed by atoms with Crippen molar-refractivity contribution >= 4 is 15.8 Å². The second kappa shape index (κ2) is 16.3. The molecule has 2 atom stereocenters. The summed E-state index contributed by atoms with van der Waals surface area (Å²) in [6.45, 7) is 14.3. The molecule has 0 aliphatic carbocycles. The van der Waals surface area contributed by atoms with Gasteiger partial charge in [-0.25, -0.2) is 0 Å². The summed E-state index contributed by atoms with van der Waals surface area (Å²) >= 11 is 0. The zero-order valence-corrected chi connectivity index (χ0v) is 19.0. The summed E-state index contributed by atoms with van der Waals surface area (Å²) in [6, 6.07) is 0. The smallest absolute Gasteiger partial charge is 0.0120 e. The highest BCUT2D eigenvalue weighted by Gasteiger charge is 2.14. The van der Waals surface area contributed by atoms with E-state index in [2.05, 4.69) is 41.5 Å². The van der Waals surface area contributed by atoms with Crippen LogP contribution in [0.25, 0.3) is 0 Å². The van der Waals surface area contributed by atoms with Gasteiger partial charge >= 0.3 is 0 Å². The van der Waals surface area contributed by atoms with Gasteiger partial charge in [0.15, 0.2) is 0 Å². The summed E-state index contributed by atoms with van der Waals surface area (Å²) < 4.78 is 0. The fourth-order valence-electron chi connectivity index (χ4n) is 3.20. The van der Waals surface area contributed by atoms with Crippen LogP contribution in [0.5, 0.6) is 0 Å². The molecule has 2 heteroatoms. The minimum Gasteiger partial charge on any atom is -0.102 e. The van der Waals surface area contributed by atoms with Gasteiger partial charge in [-0.3, -0.25) is 0 Å². The zero-order valence-electron chi connectivity index (χ0n) is 17.2. The van der Waals surface area contributed by atoms with E-state index in [0.717, 1.165) is 11.8 Å². The van der Waals surface area contributed by atoms with E-state index < -0.39 is 0 Å². The number of rotatable bonds is 16. The summed E-state index contributed by atoms with van der Waals surface area (Å²) in [7, 11) is 0.706. The Kier molecular flexibility index (Phi) is 16.9. The standard InChI is InChI=1S/C21H46P2/c1-7-15-22(17-11-9-13-20(3)4)19-23(16-8-2)18-12-10-14-21(5)6/h20-21H,7-19H2,1-6H3. The fourth-order valence-corrected chi connectivity index (χ4v) is 10.8. The monoisotopic (exact) mass is 360 g/mol. The average Bonchev–Trinajstić information content (AvgIpc) is 2.47. The minimum atomic E-state index is 0.353. The summed E-state index contributed by atoms with van der Waals surface area (Å²) in [5, 5.41) is 0. The maximum absolute atomic E-state index is 2.40. The Morgan fingerprint density at radius 2 is 0.957 bits per heavy atom. The van der Waals surface area contributed by atoms with Crippen LogP contribution in [0.2, 0.25) is 0 Å². The van der Waals surface area contributed by atoms with Crippen LogP contribution in [0, 0.1) is 11.8 Å². The maximum Gasteiger partial charge on any atom is -0.0120 e. The average molecular weight is 361 g/mol. The molecule has 0 saturated carbocycles. The molecule has 0 amide bonds. The zero-order chi connectivity index (χ0) is 17.5. The Bertz CT molecular complexity index is 214. The lowest BCUT2D eigenvalue weighted by Crippen LogP contribution is -2.00. The third-order valence-electron chi connectivity index (χ3n) is 4.49. The summed E-state index contributed by atoms with van der Waals surface area (Å²) in [4.78, 5) is 0. The third-order valence-corrected chi connectivity index (χ3v) is 11.7. The first kappa shape index (κ1) is 23.9. The molecular weight excluding hydrogens is 314 g/mol. The highest BCUT2D eigenvalue weighted by atomic mass is 31.2. The topological polar surface area (TPSA) is 0 Å². The lowest BCUT2D eigenvalue weighted by Gasteiger charge is -2.25. The van der Waals surface area contributed by atoms with Gasteiger partial charge in [-0.15, -0.1) is 15.8 Å². The van der Waals surface area contributed by atoms with Crippen LogP contribution in [-0.2, 0) is 0 Å². The maximum atomic E-state index is 2.40. The van der Waals surface area contributed by atoms with Crippen LogP contribution < -0.4 is 0 Å². The number of hydrogen-bond acceptors (Lipinski definition) is 0. The third kappa shape index (κ3) is 16.1. The quantitative estimate of drug-likeness (QED) is 0.191. The molecule has 0 aliphatic heterocycles. The van der Waals surface area contributed by atoms with E-state index in [1.54, 1.807) is 30.6 Å². The van der Waals surface area contributed by atoms with Gasteiger partial charge in [-0.05, 0) is 55.2 Å². The first-order chi connectivity index (χ1) is 11.0. The first-order valence-corrected chi connectivity index (χ1v) is 14.2. The van der Waals surface area contributed by atoms with Crippen molar-refractivity contribution in [3.8, 4) is 0 Å². The van der Waals surface area contributed by atoms with E-state index in [1.807, 2.05) is 0 Å². The summed E-state index contributed by atoms with van der Waals surface area (Å²) in [5.41, 5.74) is 0. The Morgan fingerprint density at radius 1 is 0.565 bits per heavy atom. The number of unbranched alkanes of at least 4 members (excludes halogenated alkanes) is 2. The molecule has 0 aliphatic rings. The second-order valence-electron chi connectivity index (χ2n) is 8.16. The van der Waals surface area contributed by atoms with E-state index >= 15 is 0 Å². The Hall–Kier alpha value is 0.860. The molecule has 0 fully saturated rings. The van der Waals surface area contributed by atoms with Gasteiger partial charge in [-0.1, -0.05) is 80.1 Å². The Morgan fingerprint density at radius 3 is 1.26 bits per heavy atom. The van der Waals surface area contributed by atoms with Crippen molar-refractivity contribution in [3.05, 3.63) is 0 Å². The summed E-state index contributed by atoms with van der Waals surface area (Å²) in [5.74, 6) is 3.44. The van der Waals surface area contributed by atoms with Gasteiger partial charge in [-0.2, -0.15) is 0 Å². The van der Waals surface area contributed by atoms with E-state index in [1.165, 1.54) is 51.4 Å². The van der Waals surface area contributed by atoms with E-state index in [9.17, 15) is 0 Å². The van der Waals surface area contributed by atoms with Crippen molar-refractivity contribution in [2.75, 3.05) is 30.6 Å². The van der Waals surface area contributed by atoms with Gasteiger partial charge in [0.1, 0.15) is 0 Å². The normalized spacial score (nSPS) is 14.6. The van der Waals surface area contributed by atoms with Gasteiger partial charge in [0.05, 0.1) is 0 Å². The highest BCUT2D eigenvalue weighted by molar-refractivity contribution is 7.74. The highest BCUT2D eigenvalue weighted by Crippen LogP contribution is 2.52. The fraction of sp³-hybridized carbons (Fsp3) is 1.00. The molecule has 0 nitrogen and oxygen atoms in total. The van der Waals surface area contributed by atoms with Gasteiger partial charge in [0.25, 0.3) is 0 Å². The van der Waals surface area contributed by atoms with Crippen molar-refractivity contribution in [1.82, 2.24) is 0 Å². The predicted octanol–water partition coefficient (Wildman–Crippen LogP) is 8.38. The van der Waals surface area contributed by atoms with Crippen LogP contribution in [0.1, 0.15) is 92.9 Å². The Labute approximate surface area is 151 Å². The molecule has 0 rings (SSSR count). The van der Waals surface area contributed by atoms with Crippen molar-refractivity contribution in [2.45, 2.75) is 92.9 Å².